The summed E-state index contributed by atoms with van der Waals surface area (Å²) in [5.74, 6) is 2.74. The molecule has 0 unspecified atom stereocenters. The topological polar surface area (TPSA) is 43.4 Å². The van der Waals surface area contributed by atoms with E-state index in [0.29, 0.717) is 35.4 Å². The predicted octanol–water partition coefficient (Wildman–Crippen LogP) is 7.94. The monoisotopic (exact) mass is 494 g/mol. The van der Waals surface area contributed by atoms with Gasteiger partial charge in [0.15, 0.2) is 5.78 Å². The summed E-state index contributed by atoms with van der Waals surface area (Å²) >= 11 is 0. The molecule has 5 aliphatic carbocycles. The van der Waals surface area contributed by atoms with Crippen molar-refractivity contribution in [2.24, 2.45) is 56.7 Å². The van der Waals surface area contributed by atoms with Crippen LogP contribution >= 0.6 is 0 Å². The summed E-state index contributed by atoms with van der Waals surface area (Å²) in [6.07, 6.45) is 11.9. The molecule has 0 aliphatic heterocycles. The van der Waals surface area contributed by atoms with Crippen molar-refractivity contribution in [3.63, 3.8) is 0 Å². The average molecular weight is 495 g/mol. The number of hydrogen-bond donors (Lipinski definition) is 0. The molecule has 200 valence electrons. The number of ketones is 1. The lowest BCUT2D eigenvalue weighted by atomic mass is 9.32. The number of allylic oxidation sites excluding steroid dienone is 3. The van der Waals surface area contributed by atoms with E-state index in [1.165, 1.54) is 24.8 Å². The largest absolute Gasteiger partial charge is 0.469 e. The highest BCUT2D eigenvalue weighted by Gasteiger charge is 2.72. The second kappa shape index (κ2) is 8.06. The van der Waals surface area contributed by atoms with Crippen LogP contribution in [-0.2, 0) is 14.3 Å². The summed E-state index contributed by atoms with van der Waals surface area (Å²) in [7, 11) is 1.58. The molecule has 3 nitrogen and oxygen atoms in total. The Balaban J connectivity index is 1.59. The highest BCUT2D eigenvalue weighted by molar-refractivity contribution is 6.00. The average Bonchev–Trinajstić information content (AvgIpc) is 3.22. The van der Waals surface area contributed by atoms with Gasteiger partial charge < -0.3 is 4.74 Å². The number of methoxy groups -OCH3 is 1. The van der Waals surface area contributed by atoms with Gasteiger partial charge in [0.1, 0.15) is 0 Å². The molecular weight excluding hydrogens is 444 g/mol. The second-order valence-corrected chi connectivity index (χ2v) is 14.9. The van der Waals surface area contributed by atoms with E-state index >= 15 is 0 Å². The molecule has 0 N–H and O–H groups in total. The van der Waals surface area contributed by atoms with Crippen LogP contribution in [0.15, 0.2) is 23.8 Å². The molecule has 5 saturated carbocycles. The SMILES string of the molecule is C=C(C)[C@@H]1CC[C@]2(C(=O)OC)CC[C@]3(C)[C@H](CC[C@@H]4[C@@]5(C)C/C(=C\C)C(=O)C(C)(C)[C@@H]5CC[C@]43C)[C@@H]12. The molecule has 5 fully saturated rings. The first-order valence-corrected chi connectivity index (χ1v) is 14.7. The Kier molecular flexibility index (Phi) is 5.87. The number of carbonyl (C=O) groups excluding carboxylic acids is 2. The highest BCUT2D eigenvalue weighted by Crippen LogP contribution is 2.77. The van der Waals surface area contributed by atoms with Gasteiger partial charge in [-0.15, -0.1) is 0 Å². The zero-order valence-electron chi connectivity index (χ0n) is 24.3. The molecule has 0 bridgehead atoms. The van der Waals surface area contributed by atoms with E-state index in [4.69, 9.17) is 4.74 Å². The zero-order chi connectivity index (χ0) is 26.5. The number of hydrogen-bond acceptors (Lipinski definition) is 3. The maximum atomic E-state index is 13.4. The Morgan fingerprint density at radius 2 is 1.64 bits per heavy atom. The Morgan fingerprint density at radius 1 is 0.944 bits per heavy atom. The first-order chi connectivity index (χ1) is 16.7. The number of fused-ring (bicyclic) bond motifs is 7. The van der Waals surface area contributed by atoms with Gasteiger partial charge in [-0.1, -0.05) is 52.8 Å². The molecule has 0 saturated heterocycles. The minimum Gasteiger partial charge on any atom is -0.469 e. The van der Waals surface area contributed by atoms with E-state index in [1.807, 2.05) is 0 Å². The van der Waals surface area contributed by atoms with Gasteiger partial charge in [-0.3, -0.25) is 9.59 Å². The quantitative estimate of drug-likeness (QED) is 0.222. The van der Waals surface area contributed by atoms with E-state index < -0.39 is 0 Å². The first-order valence-electron chi connectivity index (χ1n) is 14.7. The van der Waals surface area contributed by atoms with Gasteiger partial charge in [0.25, 0.3) is 0 Å². The van der Waals surface area contributed by atoms with Crippen molar-refractivity contribution < 1.29 is 14.3 Å². The lowest BCUT2D eigenvalue weighted by molar-refractivity contribution is -0.232. The number of Topliss-reactive ketones (excluding diaryl/α,β-unsaturated/α-hetero) is 1. The molecule has 0 aromatic rings. The van der Waals surface area contributed by atoms with Crippen molar-refractivity contribution in [3.8, 4) is 0 Å². The zero-order valence-corrected chi connectivity index (χ0v) is 24.3. The third kappa shape index (κ3) is 2.98. The fourth-order valence-corrected chi connectivity index (χ4v) is 11.8. The summed E-state index contributed by atoms with van der Waals surface area (Å²) in [4.78, 5) is 26.8. The molecule has 0 aromatic carbocycles. The Labute approximate surface area is 219 Å². The molecule has 0 spiro atoms. The van der Waals surface area contributed by atoms with E-state index in [0.717, 1.165) is 44.1 Å². The van der Waals surface area contributed by atoms with E-state index in [9.17, 15) is 9.59 Å². The predicted molar refractivity (Wildman–Crippen MR) is 145 cm³/mol. The van der Waals surface area contributed by atoms with Gasteiger partial charge in [-0.2, -0.15) is 0 Å². The number of ether oxygens (including phenoxy) is 1. The van der Waals surface area contributed by atoms with Crippen LogP contribution in [0.5, 0.6) is 0 Å². The molecule has 5 rings (SSSR count). The van der Waals surface area contributed by atoms with Crippen LogP contribution in [0.1, 0.15) is 106 Å². The van der Waals surface area contributed by atoms with Crippen molar-refractivity contribution in [2.45, 2.75) is 106 Å². The Bertz CT molecular complexity index is 1020. The van der Waals surface area contributed by atoms with Gasteiger partial charge in [-0.05, 0) is 123 Å². The van der Waals surface area contributed by atoms with Crippen molar-refractivity contribution in [3.05, 3.63) is 23.8 Å². The van der Waals surface area contributed by atoms with Crippen LogP contribution in [0.3, 0.4) is 0 Å². The molecule has 0 aromatic heterocycles. The van der Waals surface area contributed by atoms with Gasteiger partial charge in [0.05, 0.1) is 12.5 Å². The molecule has 36 heavy (non-hydrogen) atoms. The lowest BCUT2D eigenvalue weighted by Crippen LogP contribution is -2.67. The van der Waals surface area contributed by atoms with Crippen LogP contribution < -0.4 is 0 Å². The Morgan fingerprint density at radius 3 is 2.25 bits per heavy atom. The smallest absolute Gasteiger partial charge is 0.312 e. The molecule has 9 atom stereocenters. The number of rotatable bonds is 2. The standard InChI is InChI=1S/C33H50O3/c1-10-21-19-30(6)24(29(4,5)27(21)34)14-15-32(8)25(30)12-11-23-26-22(20(2)3)13-16-33(26,28(35)36-9)18-17-31(23,32)7/h10,22-26H,2,11-19H2,1,3-9H3/b21-10+/t22-,23+,24-,25+,26+,30-,31+,32+,33-/m0/s1. The number of carbonyl (C=O) groups is 2. The van der Waals surface area contributed by atoms with Gasteiger partial charge >= 0.3 is 5.97 Å². The van der Waals surface area contributed by atoms with Crippen LogP contribution in [0.4, 0.5) is 0 Å². The van der Waals surface area contributed by atoms with Crippen molar-refractivity contribution in [2.75, 3.05) is 7.11 Å². The molecule has 0 heterocycles. The van der Waals surface area contributed by atoms with Crippen LogP contribution in [0.2, 0.25) is 0 Å². The summed E-state index contributed by atoms with van der Waals surface area (Å²) in [6.45, 7) is 20.8. The van der Waals surface area contributed by atoms with E-state index in [-0.39, 0.29) is 33.0 Å². The maximum Gasteiger partial charge on any atom is 0.312 e. The summed E-state index contributed by atoms with van der Waals surface area (Å²) in [6, 6.07) is 0. The fraction of sp³-hybridized carbons (Fsp3) is 0.818. The molecule has 3 heteroatoms. The van der Waals surface area contributed by atoms with Crippen LogP contribution in [0, 0.1) is 56.7 Å². The third-order valence-corrected chi connectivity index (χ3v) is 13.6. The maximum absolute atomic E-state index is 13.4. The van der Waals surface area contributed by atoms with Crippen molar-refractivity contribution >= 4 is 11.8 Å². The van der Waals surface area contributed by atoms with Crippen molar-refractivity contribution in [1.29, 1.82) is 0 Å². The summed E-state index contributed by atoms with van der Waals surface area (Å²) < 4.78 is 5.50. The van der Waals surface area contributed by atoms with Gasteiger partial charge in [0, 0.05) is 5.41 Å². The third-order valence-electron chi connectivity index (χ3n) is 13.6. The summed E-state index contributed by atoms with van der Waals surface area (Å²) in [5.41, 5.74) is 2.22. The van der Waals surface area contributed by atoms with Crippen molar-refractivity contribution in [1.82, 2.24) is 0 Å². The van der Waals surface area contributed by atoms with E-state index in [1.54, 1.807) is 7.11 Å². The molecule has 0 amide bonds. The van der Waals surface area contributed by atoms with Crippen LogP contribution in [-0.4, -0.2) is 18.9 Å². The normalized spacial score (nSPS) is 50.5. The van der Waals surface area contributed by atoms with Gasteiger partial charge in [-0.25, -0.2) is 0 Å². The van der Waals surface area contributed by atoms with Crippen LogP contribution in [0.25, 0.3) is 0 Å². The minimum atomic E-state index is -0.329. The molecular formula is C33H50O3. The highest BCUT2D eigenvalue weighted by atomic mass is 16.5. The Hall–Kier alpha value is -1.38. The number of esters is 1. The summed E-state index contributed by atoms with van der Waals surface area (Å²) in [5, 5.41) is 0. The first kappa shape index (κ1) is 26.2. The fourth-order valence-electron chi connectivity index (χ4n) is 11.8. The minimum absolute atomic E-state index is 0.0338. The second-order valence-electron chi connectivity index (χ2n) is 14.9. The molecule has 5 aliphatic rings. The van der Waals surface area contributed by atoms with Gasteiger partial charge in [0.2, 0.25) is 0 Å². The molecule has 0 radical (unpaired) electrons. The lowest BCUT2D eigenvalue weighted by Gasteiger charge is -2.72. The van der Waals surface area contributed by atoms with E-state index in [2.05, 4.69) is 61.1 Å².